The lowest BCUT2D eigenvalue weighted by atomic mass is 9.98. The second kappa shape index (κ2) is 8.13. The van der Waals surface area contributed by atoms with Crippen molar-refractivity contribution in [3.8, 4) is 11.1 Å². The molecule has 4 rings (SSSR count). The molecule has 0 unspecified atom stereocenters. The maximum Gasteiger partial charge on any atom is 0.0594 e. The van der Waals surface area contributed by atoms with Crippen molar-refractivity contribution in [2.24, 2.45) is 0 Å². The van der Waals surface area contributed by atoms with E-state index in [4.69, 9.17) is 4.74 Å². The van der Waals surface area contributed by atoms with Crippen LogP contribution in [-0.2, 0) is 17.8 Å². The second-order valence-electron chi connectivity index (χ2n) is 7.23. The van der Waals surface area contributed by atoms with Crippen molar-refractivity contribution >= 4 is 0 Å². The maximum absolute atomic E-state index is 5.47. The summed E-state index contributed by atoms with van der Waals surface area (Å²) >= 11 is 0. The van der Waals surface area contributed by atoms with Gasteiger partial charge in [0, 0.05) is 26.2 Å². The molecule has 0 N–H and O–H groups in total. The highest BCUT2D eigenvalue weighted by Crippen LogP contribution is 2.26. The van der Waals surface area contributed by atoms with E-state index >= 15 is 0 Å². The van der Waals surface area contributed by atoms with Gasteiger partial charge in [-0.05, 0) is 48.2 Å². The normalized spacial score (nSPS) is 19.4. The standard InChI is InChI=1S/C22H28N2O/c1-2-6-22(21(5-1)18-24-13-15-25-16-14-24)20-9-7-19(8-10-20)17-23-11-3-4-12-23/h1-2,5-10H,3-4,11-18H2. The topological polar surface area (TPSA) is 15.7 Å². The summed E-state index contributed by atoms with van der Waals surface area (Å²) in [7, 11) is 0. The van der Waals surface area contributed by atoms with Gasteiger partial charge in [0.05, 0.1) is 13.2 Å². The van der Waals surface area contributed by atoms with Crippen LogP contribution in [0, 0.1) is 0 Å². The molecule has 0 bridgehead atoms. The number of ether oxygens (including phenoxy) is 1. The second-order valence-corrected chi connectivity index (χ2v) is 7.23. The zero-order valence-electron chi connectivity index (χ0n) is 15.0. The van der Waals surface area contributed by atoms with Gasteiger partial charge in [-0.25, -0.2) is 0 Å². The highest BCUT2D eigenvalue weighted by atomic mass is 16.5. The van der Waals surface area contributed by atoms with Crippen LogP contribution in [0.15, 0.2) is 48.5 Å². The van der Waals surface area contributed by atoms with Gasteiger partial charge in [0.1, 0.15) is 0 Å². The van der Waals surface area contributed by atoms with Crippen LogP contribution in [0.3, 0.4) is 0 Å². The van der Waals surface area contributed by atoms with Gasteiger partial charge >= 0.3 is 0 Å². The lowest BCUT2D eigenvalue weighted by Crippen LogP contribution is -2.35. The third kappa shape index (κ3) is 4.30. The molecule has 2 aromatic rings. The largest absolute Gasteiger partial charge is 0.379 e. The van der Waals surface area contributed by atoms with Crippen LogP contribution in [0.5, 0.6) is 0 Å². The fourth-order valence-corrected chi connectivity index (χ4v) is 3.93. The fourth-order valence-electron chi connectivity index (χ4n) is 3.93. The van der Waals surface area contributed by atoms with Gasteiger partial charge in [-0.2, -0.15) is 0 Å². The van der Waals surface area contributed by atoms with Crippen molar-refractivity contribution in [3.05, 3.63) is 59.7 Å². The molecule has 132 valence electrons. The molecular formula is C22H28N2O. The molecule has 2 heterocycles. The summed E-state index contributed by atoms with van der Waals surface area (Å²) in [5.41, 5.74) is 5.53. The van der Waals surface area contributed by atoms with Crippen molar-refractivity contribution in [1.82, 2.24) is 9.80 Å². The molecule has 0 atom stereocenters. The van der Waals surface area contributed by atoms with E-state index in [2.05, 4.69) is 58.3 Å². The monoisotopic (exact) mass is 336 g/mol. The molecule has 2 fully saturated rings. The van der Waals surface area contributed by atoms with E-state index in [1.807, 2.05) is 0 Å². The van der Waals surface area contributed by atoms with E-state index in [0.717, 1.165) is 39.4 Å². The summed E-state index contributed by atoms with van der Waals surface area (Å²) in [4.78, 5) is 5.05. The summed E-state index contributed by atoms with van der Waals surface area (Å²) in [6.45, 7) is 8.38. The van der Waals surface area contributed by atoms with Gasteiger partial charge in [0.15, 0.2) is 0 Å². The third-order valence-electron chi connectivity index (χ3n) is 5.38. The minimum Gasteiger partial charge on any atom is -0.379 e. The molecule has 0 spiro atoms. The van der Waals surface area contributed by atoms with E-state index in [0.29, 0.717) is 0 Å². The third-order valence-corrected chi connectivity index (χ3v) is 5.38. The molecule has 3 heteroatoms. The molecule has 2 aliphatic rings. The van der Waals surface area contributed by atoms with Crippen molar-refractivity contribution in [1.29, 1.82) is 0 Å². The summed E-state index contributed by atoms with van der Waals surface area (Å²) in [6, 6.07) is 18.0. The fraction of sp³-hybridized carbons (Fsp3) is 0.455. The van der Waals surface area contributed by atoms with Gasteiger partial charge in [-0.1, -0.05) is 48.5 Å². The predicted octanol–water partition coefficient (Wildman–Crippen LogP) is 3.78. The van der Waals surface area contributed by atoms with Crippen molar-refractivity contribution < 1.29 is 4.74 Å². The predicted molar refractivity (Wildman–Crippen MR) is 102 cm³/mol. The van der Waals surface area contributed by atoms with Crippen LogP contribution in [0.1, 0.15) is 24.0 Å². The molecule has 0 aromatic heterocycles. The van der Waals surface area contributed by atoms with Gasteiger partial charge < -0.3 is 4.74 Å². The Labute approximate surface area is 151 Å². The van der Waals surface area contributed by atoms with Gasteiger partial charge in [0.2, 0.25) is 0 Å². The Kier molecular flexibility index (Phi) is 5.46. The highest BCUT2D eigenvalue weighted by molar-refractivity contribution is 5.67. The number of hydrogen-bond acceptors (Lipinski definition) is 3. The van der Waals surface area contributed by atoms with E-state index in [-0.39, 0.29) is 0 Å². The number of benzene rings is 2. The van der Waals surface area contributed by atoms with Crippen LogP contribution in [0.4, 0.5) is 0 Å². The molecule has 25 heavy (non-hydrogen) atoms. The number of likely N-dealkylation sites (tertiary alicyclic amines) is 1. The minimum atomic E-state index is 0.855. The molecule has 2 saturated heterocycles. The Morgan fingerprint density at radius 2 is 1.40 bits per heavy atom. The van der Waals surface area contributed by atoms with Crippen molar-refractivity contribution in [2.75, 3.05) is 39.4 Å². The molecule has 0 aliphatic carbocycles. The van der Waals surface area contributed by atoms with Crippen LogP contribution in [0.25, 0.3) is 11.1 Å². The van der Waals surface area contributed by atoms with Crippen LogP contribution in [-0.4, -0.2) is 49.2 Å². The van der Waals surface area contributed by atoms with E-state index in [1.165, 1.54) is 48.2 Å². The van der Waals surface area contributed by atoms with E-state index < -0.39 is 0 Å². The minimum absolute atomic E-state index is 0.855. The average molecular weight is 336 g/mol. The molecule has 0 amide bonds. The van der Waals surface area contributed by atoms with Gasteiger partial charge in [-0.3, -0.25) is 9.80 Å². The molecular weight excluding hydrogens is 308 g/mol. The van der Waals surface area contributed by atoms with Crippen LogP contribution >= 0.6 is 0 Å². The molecule has 2 aliphatic heterocycles. The first-order chi connectivity index (χ1) is 12.4. The number of nitrogens with zero attached hydrogens (tertiary/aromatic N) is 2. The molecule has 0 saturated carbocycles. The SMILES string of the molecule is c1ccc(-c2ccc(CN3CCCC3)cc2)c(CN2CCOCC2)c1. The van der Waals surface area contributed by atoms with Gasteiger partial charge in [0.25, 0.3) is 0 Å². The number of morpholine rings is 1. The first kappa shape index (κ1) is 16.8. The quantitative estimate of drug-likeness (QED) is 0.826. The highest BCUT2D eigenvalue weighted by Gasteiger charge is 2.14. The summed E-state index contributed by atoms with van der Waals surface area (Å²) in [5, 5.41) is 0. The Hall–Kier alpha value is -1.68. The number of rotatable bonds is 5. The summed E-state index contributed by atoms with van der Waals surface area (Å²) in [5.74, 6) is 0. The van der Waals surface area contributed by atoms with E-state index in [9.17, 15) is 0 Å². The zero-order valence-corrected chi connectivity index (χ0v) is 15.0. The Morgan fingerprint density at radius 3 is 2.16 bits per heavy atom. The molecule has 0 radical (unpaired) electrons. The summed E-state index contributed by atoms with van der Waals surface area (Å²) in [6.07, 6.45) is 2.71. The lowest BCUT2D eigenvalue weighted by molar-refractivity contribution is 0.0342. The Morgan fingerprint density at radius 1 is 0.720 bits per heavy atom. The zero-order chi connectivity index (χ0) is 16.9. The van der Waals surface area contributed by atoms with Gasteiger partial charge in [-0.15, -0.1) is 0 Å². The summed E-state index contributed by atoms with van der Waals surface area (Å²) < 4.78 is 5.47. The average Bonchev–Trinajstić information content (AvgIpc) is 3.17. The molecule has 3 nitrogen and oxygen atoms in total. The van der Waals surface area contributed by atoms with Crippen molar-refractivity contribution in [3.63, 3.8) is 0 Å². The maximum atomic E-state index is 5.47. The van der Waals surface area contributed by atoms with Crippen LogP contribution < -0.4 is 0 Å². The Balaban J connectivity index is 1.48. The van der Waals surface area contributed by atoms with E-state index in [1.54, 1.807) is 0 Å². The Bertz CT molecular complexity index is 671. The first-order valence-electron chi connectivity index (χ1n) is 9.58. The number of hydrogen-bond donors (Lipinski definition) is 0. The van der Waals surface area contributed by atoms with Crippen molar-refractivity contribution in [2.45, 2.75) is 25.9 Å². The lowest BCUT2D eigenvalue weighted by Gasteiger charge is -2.27. The van der Waals surface area contributed by atoms with Crippen LogP contribution in [0.2, 0.25) is 0 Å². The first-order valence-corrected chi connectivity index (χ1v) is 9.58. The smallest absolute Gasteiger partial charge is 0.0594 e. The molecule has 2 aromatic carbocycles.